The molecular formula is C18H22N8. The van der Waals surface area contributed by atoms with E-state index in [1.54, 1.807) is 0 Å². The van der Waals surface area contributed by atoms with Gasteiger partial charge in [0.15, 0.2) is 17.3 Å². The molecule has 8 heteroatoms. The van der Waals surface area contributed by atoms with E-state index in [0.29, 0.717) is 11.2 Å². The van der Waals surface area contributed by atoms with Crippen LogP contribution < -0.4 is 4.90 Å². The molecule has 26 heavy (non-hydrogen) atoms. The van der Waals surface area contributed by atoms with Gasteiger partial charge in [0.25, 0.3) is 0 Å². The third-order valence-corrected chi connectivity index (χ3v) is 5.57. The van der Waals surface area contributed by atoms with E-state index in [1.807, 2.05) is 48.4 Å². The molecule has 4 heterocycles. The van der Waals surface area contributed by atoms with E-state index in [1.165, 1.54) is 19.3 Å². The second-order valence-electron chi connectivity index (χ2n) is 7.59. The predicted octanol–water partition coefficient (Wildman–Crippen LogP) is 2.03. The highest BCUT2D eigenvalue weighted by Crippen LogP contribution is 2.53. The number of fused-ring (bicyclic) bond motifs is 1. The van der Waals surface area contributed by atoms with Crippen molar-refractivity contribution in [3.8, 4) is 0 Å². The zero-order chi connectivity index (χ0) is 17.9. The average Bonchev–Trinajstić information content (AvgIpc) is 2.98. The lowest BCUT2D eigenvalue weighted by molar-refractivity contribution is 0.580. The highest BCUT2D eigenvalue weighted by atomic mass is 15.4. The van der Waals surface area contributed by atoms with E-state index < -0.39 is 0 Å². The van der Waals surface area contributed by atoms with Crippen LogP contribution in [0.2, 0.25) is 0 Å². The van der Waals surface area contributed by atoms with E-state index in [9.17, 15) is 0 Å². The highest BCUT2D eigenvalue weighted by molar-refractivity contribution is 5.65. The topological polar surface area (TPSA) is 77.0 Å². The van der Waals surface area contributed by atoms with Crippen LogP contribution in [0.3, 0.4) is 0 Å². The van der Waals surface area contributed by atoms with Crippen LogP contribution >= 0.6 is 0 Å². The number of anilines is 1. The van der Waals surface area contributed by atoms with Gasteiger partial charge in [-0.3, -0.25) is 4.98 Å². The molecule has 3 aromatic heterocycles. The van der Waals surface area contributed by atoms with Gasteiger partial charge in [-0.15, -0.1) is 10.2 Å². The summed E-state index contributed by atoms with van der Waals surface area (Å²) in [5.74, 6) is 2.28. The van der Waals surface area contributed by atoms with E-state index in [2.05, 4.69) is 25.1 Å². The van der Waals surface area contributed by atoms with Crippen molar-refractivity contribution < 1.29 is 0 Å². The minimum atomic E-state index is 0.569. The predicted molar refractivity (Wildman–Crippen MR) is 98.7 cm³/mol. The molecule has 2 aliphatic rings. The maximum absolute atomic E-state index is 4.71. The van der Waals surface area contributed by atoms with Gasteiger partial charge in [-0.1, -0.05) is 0 Å². The van der Waals surface area contributed by atoms with Gasteiger partial charge in [0.2, 0.25) is 5.95 Å². The Morgan fingerprint density at radius 3 is 2.65 bits per heavy atom. The van der Waals surface area contributed by atoms with Gasteiger partial charge in [-0.25, -0.2) is 14.2 Å². The minimum Gasteiger partial charge on any atom is -0.339 e. The monoisotopic (exact) mass is 350 g/mol. The summed E-state index contributed by atoms with van der Waals surface area (Å²) in [6.07, 6.45) is 9.60. The quantitative estimate of drug-likeness (QED) is 0.719. The summed E-state index contributed by atoms with van der Waals surface area (Å²) < 4.78 is 3.64. The molecule has 134 valence electrons. The Bertz CT molecular complexity index is 984. The van der Waals surface area contributed by atoms with Crippen LogP contribution in [0.25, 0.3) is 17.8 Å². The molecule has 0 atom stereocenters. The summed E-state index contributed by atoms with van der Waals surface area (Å²) in [6.45, 7) is 6.07. The molecule has 8 nitrogen and oxygen atoms in total. The Balaban J connectivity index is 1.41. The van der Waals surface area contributed by atoms with E-state index in [0.717, 1.165) is 41.9 Å². The van der Waals surface area contributed by atoms with Crippen molar-refractivity contribution in [2.75, 3.05) is 18.0 Å². The minimum absolute atomic E-state index is 0.569. The van der Waals surface area contributed by atoms with Crippen LogP contribution in [-0.4, -0.2) is 47.4 Å². The Kier molecular flexibility index (Phi) is 3.19. The van der Waals surface area contributed by atoms with Crippen LogP contribution in [-0.2, 0) is 7.05 Å². The smallest absolute Gasteiger partial charge is 0.245 e. The number of rotatable bonds is 3. The van der Waals surface area contributed by atoms with Crippen molar-refractivity contribution in [2.24, 2.45) is 12.5 Å². The summed E-state index contributed by atoms with van der Waals surface area (Å²) in [7, 11) is 1.93. The van der Waals surface area contributed by atoms with Crippen LogP contribution in [0, 0.1) is 19.3 Å². The van der Waals surface area contributed by atoms with Crippen molar-refractivity contribution in [3.63, 3.8) is 0 Å². The summed E-state index contributed by atoms with van der Waals surface area (Å²) in [6, 6.07) is 0. The Morgan fingerprint density at radius 1 is 1.08 bits per heavy atom. The molecule has 5 rings (SSSR count). The lowest BCUT2D eigenvalue weighted by atomic mass is 10.1. The Hall–Kier alpha value is -2.77. The van der Waals surface area contributed by atoms with Gasteiger partial charge < -0.3 is 4.90 Å². The molecule has 0 radical (unpaired) electrons. The molecular weight excluding hydrogens is 328 g/mol. The summed E-state index contributed by atoms with van der Waals surface area (Å²) in [4.78, 5) is 15.9. The molecule has 0 aromatic carbocycles. The van der Waals surface area contributed by atoms with Gasteiger partial charge in [-0.2, -0.15) is 4.98 Å². The zero-order valence-electron chi connectivity index (χ0n) is 15.3. The number of aromatic nitrogens is 7. The van der Waals surface area contributed by atoms with Gasteiger partial charge in [0.1, 0.15) is 0 Å². The SMILES string of the molecule is Cc1ncc(C)n2nc(/C=C/c3nc(N4CCC5(CC5)C4)nn3C)nc12. The van der Waals surface area contributed by atoms with Crippen LogP contribution in [0.15, 0.2) is 6.20 Å². The van der Waals surface area contributed by atoms with E-state index in [-0.39, 0.29) is 0 Å². The third kappa shape index (κ3) is 2.48. The van der Waals surface area contributed by atoms with Gasteiger partial charge in [-0.05, 0) is 50.7 Å². The maximum atomic E-state index is 4.71. The average molecular weight is 350 g/mol. The summed E-state index contributed by atoms with van der Waals surface area (Å²) in [5, 5.41) is 9.13. The van der Waals surface area contributed by atoms with Gasteiger partial charge >= 0.3 is 0 Å². The summed E-state index contributed by atoms with van der Waals surface area (Å²) in [5.41, 5.74) is 3.18. The Labute approximate surface area is 151 Å². The zero-order valence-corrected chi connectivity index (χ0v) is 15.3. The first-order valence-electron chi connectivity index (χ1n) is 9.06. The first-order chi connectivity index (χ1) is 12.5. The van der Waals surface area contributed by atoms with Gasteiger partial charge in [0, 0.05) is 26.3 Å². The third-order valence-electron chi connectivity index (χ3n) is 5.57. The molecule has 3 aromatic rings. The molecule has 1 saturated carbocycles. The molecule has 1 aliphatic carbocycles. The molecule has 2 fully saturated rings. The van der Waals surface area contributed by atoms with Crippen molar-refractivity contribution >= 4 is 23.7 Å². The largest absolute Gasteiger partial charge is 0.339 e. The number of hydrogen-bond donors (Lipinski definition) is 0. The fourth-order valence-electron chi connectivity index (χ4n) is 3.68. The first kappa shape index (κ1) is 15.5. The van der Waals surface area contributed by atoms with Crippen LogP contribution in [0.4, 0.5) is 5.95 Å². The van der Waals surface area contributed by atoms with Crippen molar-refractivity contribution in [1.82, 2.24) is 34.3 Å². The number of hydrogen-bond acceptors (Lipinski definition) is 6. The van der Waals surface area contributed by atoms with E-state index in [4.69, 9.17) is 4.98 Å². The number of nitrogens with zero attached hydrogens (tertiary/aromatic N) is 8. The van der Waals surface area contributed by atoms with Crippen LogP contribution in [0.5, 0.6) is 0 Å². The standard InChI is InChI=1S/C18H22N8/c1-12-10-19-13(2)16-20-14(22-26(12)16)4-5-15-21-17(23-24(15)3)25-9-8-18(11-25)6-7-18/h4-5,10H,6-9,11H2,1-3H3/b5-4+. The number of aryl methyl sites for hydroxylation is 3. The van der Waals surface area contributed by atoms with Crippen molar-refractivity contribution in [2.45, 2.75) is 33.1 Å². The van der Waals surface area contributed by atoms with E-state index >= 15 is 0 Å². The maximum Gasteiger partial charge on any atom is 0.245 e. The highest BCUT2D eigenvalue weighted by Gasteiger charge is 2.48. The first-order valence-corrected chi connectivity index (χ1v) is 9.06. The molecule has 0 bridgehead atoms. The molecule has 0 N–H and O–H groups in total. The molecule has 0 amide bonds. The lowest BCUT2D eigenvalue weighted by Crippen LogP contribution is -2.21. The second-order valence-corrected chi connectivity index (χ2v) is 7.59. The molecule has 1 aliphatic heterocycles. The second kappa shape index (κ2) is 5.36. The normalized spacial score (nSPS) is 18.7. The molecule has 1 spiro atoms. The summed E-state index contributed by atoms with van der Waals surface area (Å²) >= 11 is 0. The van der Waals surface area contributed by atoms with Crippen molar-refractivity contribution in [3.05, 3.63) is 29.2 Å². The fourth-order valence-corrected chi connectivity index (χ4v) is 3.68. The Morgan fingerprint density at radius 2 is 1.92 bits per heavy atom. The fraction of sp³-hybridized carbons (Fsp3) is 0.500. The molecule has 1 saturated heterocycles. The van der Waals surface area contributed by atoms with Crippen LogP contribution in [0.1, 0.15) is 42.3 Å². The lowest BCUT2D eigenvalue weighted by Gasteiger charge is -2.12. The van der Waals surface area contributed by atoms with Gasteiger partial charge in [0.05, 0.1) is 11.4 Å². The van der Waals surface area contributed by atoms with Crippen molar-refractivity contribution in [1.29, 1.82) is 0 Å². The molecule has 0 unspecified atom stereocenters.